The van der Waals surface area contributed by atoms with Crippen LogP contribution in [0.1, 0.15) is 10.4 Å². The number of rotatable bonds is 7. The van der Waals surface area contributed by atoms with Crippen molar-refractivity contribution in [1.82, 2.24) is 19.6 Å². The number of pyridine rings is 1. The fraction of sp³-hybridized carbons (Fsp3) is 0.188. The van der Waals surface area contributed by atoms with Crippen molar-refractivity contribution in [3.8, 4) is 11.3 Å². The van der Waals surface area contributed by atoms with Crippen LogP contribution in [0, 0.1) is 0 Å². The summed E-state index contributed by atoms with van der Waals surface area (Å²) in [6, 6.07) is 25.2. The van der Waals surface area contributed by atoms with Crippen molar-refractivity contribution in [1.29, 1.82) is 0 Å². The normalized spacial score (nSPS) is 13.6. The molecule has 1 aliphatic heterocycles. The van der Waals surface area contributed by atoms with Gasteiger partial charge in [-0.25, -0.2) is 4.98 Å². The highest BCUT2D eigenvalue weighted by atomic mass is 35.5. The van der Waals surface area contributed by atoms with E-state index in [1.807, 2.05) is 18.2 Å². The maximum absolute atomic E-state index is 12.8. The first-order valence-corrected chi connectivity index (χ1v) is 14.2. The van der Waals surface area contributed by atoms with Gasteiger partial charge < -0.3 is 25.3 Å². The van der Waals surface area contributed by atoms with Crippen LogP contribution in [0.25, 0.3) is 22.3 Å². The van der Waals surface area contributed by atoms with Gasteiger partial charge in [0.2, 0.25) is 5.95 Å². The molecule has 0 spiro atoms. The molecule has 3 aromatic carbocycles. The van der Waals surface area contributed by atoms with Crippen molar-refractivity contribution >= 4 is 51.6 Å². The monoisotopic (exact) mass is 595 g/mol. The first-order valence-electron chi connectivity index (χ1n) is 13.8. The van der Waals surface area contributed by atoms with E-state index in [1.54, 1.807) is 48.5 Å². The fourth-order valence-corrected chi connectivity index (χ4v) is 5.26. The number of piperazine rings is 1. The number of nitrogens with zero attached hydrogens (tertiary/aromatic N) is 5. The second kappa shape index (κ2) is 12.1. The molecule has 0 atom stereocenters. The molecule has 0 radical (unpaired) electrons. The lowest BCUT2D eigenvalue weighted by atomic mass is 10.1. The van der Waals surface area contributed by atoms with E-state index >= 15 is 0 Å². The number of amides is 1. The van der Waals surface area contributed by atoms with E-state index in [0.29, 0.717) is 32.9 Å². The molecule has 10 nitrogen and oxygen atoms in total. The van der Waals surface area contributed by atoms with Gasteiger partial charge in [0.05, 0.1) is 10.7 Å². The fourth-order valence-electron chi connectivity index (χ4n) is 5.06. The van der Waals surface area contributed by atoms with Crippen molar-refractivity contribution in [2.24, 2.45) is 0 Å². The van der Waals surface area contributed by atoms with Crippen LogP contribution in [0.2, 0.25) is 5.02 Å². The number of hydrogen-bond donors (Lipinski definition) is 2. The summed E-state index contributed by atoms with van der Waals surface area (Å²) < 4.78 is 1.11. The van der Waals surface area contributed by atoms with Crippen LogP contribution in [0.5, 0.6) is 0 Å². The van der Waals surface area contributed by atoms with Gasteiger partial charge in [-0.2, -0.15) is 4.98 Å². The minimum absolute atomic E-state index is 0.251. The van der Waals surface area contributed by atoms with Gasteiger partial charge in [-0.3, -0.25) is 9.59 Å². The SMILES string of the molecule is COn1c(=O)ccc2c(-c3cc(NC(=O)c4ccccc4)ccc3Cl)nc(Nc3ccc(N4CCN(C)CC4)cc3)nc21. The molecule has 5 aromatic rings. The number of aromatic nitrogens is 3. The van der Waals surface area contributed by atoms with Crippen LogP contribution in [0.4, 0.5) is 23.0 Å². The smallest absolute Gasteiger partial charge is 0.285 e. The van der Waals surface area contributed by atoms with Gasteiger partial charge in [0.15, 0.2) is 5.65 Å². The Bertz CT molecular complexity index is 1840. The third-order valence-electron chi connectivity index (χ3n) is 7.40. The molecular weight excluding hydrogens is 566 g/mol. The summed E-state index contributed by atoms with van der Waals surface area (Å²) in [5, 5.41) is 7.15. The summed E-state index contributed by atoms with van der Waals surface area (Å²) in [5.74, 6) is -0.00180. The van der Waals surface area contributed by atoms with E-state index in [0.717, 1.165) is 42.3 Å². The Morgan fingerprint density at radius 3 is 2.33 bits per heavy atom. The zero-order chi connectivity index (χ0) is 29.9. The van der Waals surface area contributed by atoms with Gasteiger partial charge in [-0.05, 0) is 67.7 Å². The van der Waals surface area contributed by atoms with E-state index in [1.165, 1.54) is 13.2 Å². The Morgan fingerprint density at radius 2 is 1.60 bits per heavy atom. The summed E-state index contributed by atoms with van der Waals surface area (Å²) in [6.07, 6.45) is 0. The summed E-state index contributed by atoms with van der Waals surface area (Å²) >= 11 is 6.70. The first-order chi connectivity index (χ1) is 20.9. The Labute approximate surface area is 253 Å². The number of halogens is 1. The van der Waals surface area contributed by atoms with Crippen LogP contribution < -0.4 is 25.9 Å². The quantitative estimate of drug-likeness (QED) is 0.273. The molecule has 1 saturated heterocycles. The highest BCUT2D eigenvalue weighted by Crippen LogP contribution is 2.35. The number of anilines is 4. The summed E-state index contributed by atoms with van der Waals surface area (Å²) in [4.78, 5) is 45.0. The zero-order valence-electron chi connectivity index (χ0n) is 23.8. The third-order valence-corrected chi connectivity index (χ3v) is 7.73. The predicted molar refractivity (Wildman–Crippen MR) is 171 cm³/mol. The van der Waals surface area contributed by atoms with E-state index in [-0.39, 0.29) is 23.1 Å². The Hall–Kier alpha value is -4.93. The van der Waals surface area contributed by atoms with Crippen LogP contribution in [0.15, 0.2) is 89.7 Å². The van der Waals surface area contributed by atoms with Gasteiger partial charge in [0.1, 0.15) is 7.11 Å². The van der Waals surface area contributed by atoms with E-state index in [9.17, 15) is 9.59 Å². The molecular formula is C32H30ClN7O3. The standard InChI is InChI=1S/C32H30ClN7O3/c1-38-16-18-39(19-17-38)24-11-8-22(9-12-24)35-32-36-29(25-13-15-28(41)40(43-2)30(25)37-32)26-20-23(10-14-27(26)33)34-31(42)21-6-4-3-5-7-21/h3-15,20H,16-19H2,1-2H3,(H,34,42)(H,35,36,37). The molecule has 1 fully saturated rings. The predicted octanol–water partition coefficient (Wildman–Crippen LogP) is 4.92. The molecule has 0 bridgehead atoms. The number of likely N-dealkylation sites (N-methyl/N-ethyl adjacent to an activating group) is 1. The lowest BCUT2D eigenvalue weighted by Crippen LogP contribution is -2.44. The summed E-state index contributed by atoms with van der Waals surface area (Å²) in [6.45, 7) is 3.99. The van der Waals surface area contributed by atoms with E-state index in [4.69, 9.17) is 21.4 Å². The molecule has 2 aromatic heterocycles. The maximum Gasteiger partial charge on any atom is 0.285 e. The Balaban J connectivity index is 1.37. The second-order valence-corrected chi connectivity index (χ2v) is 10.7. The van der Waals surface area contributed by atoms with E-state index < -0.39 is 0 Å². The van der Waals surface area contributed by atoms with E-state index in [2.05, 4.69) is 44.6 Å². The van der Waals surface area contributed by atoms with Crippen LogP contribution >= 0.6 is 11.6 Å². The number of carbonyl (C=O) groups is 1. The molecule has 0 aliphatic carbocycles. The van der Waals surface area contributed by atoms with Crippen molar-refractivity contribution in [3.05, 3.63) is 106 Å². The molecule has 0 saturated carbocycles. The molecule has 218 valence electrons. The first kappa shape index (κ1) is 28.2. The van der Waals surface area contributed by atoms with Crippen molar-refractivity contribution in [3.63, 3.8) is 0 Å². The van der Waals surface area contributed by atoms with Gasteiger partial charge in [0, 0.05) is 65.8 Å². The van der Waals surface area contributed by atoms with Gasteiger partial charge in [-0.15, -0.1) is 4.73 Å². The molecule has 2 N–H and O–H groups in total. The molecule has 3 heterocycles. The van der Waals surface area contributed by atoms with Gasteiger partial charge in [0.25, 0.3) is 11.5 Å². The lowest BCUT2D eigenvalue weighted by molar-refractivity contribution is 0.102. The Kier molecular flexibility index (Phi) is 7.95. The topological polar surface area (TPSA) is 105 Å². The number of hydrogen-bond acceptors (Lipinski definition) is 8. The minimum atomic E-state index is -0.378. The van der Waals surface area contributed by atoms with Crippen molar-refractivity contribution < 1.29 is 9.63 Å². The second-order valence-electron chi connectivity index (χ2n) is 10.3. The van der Waals surface area contributed by atoms with Gasteiger partial charge in [-0.1, -0.05) is 29.8 Å². The number of nitrogens with one attached hydrogen (secondary N) is 2. The largest absolute Gasteiger partial charge is 0.412 e. The maximum atomic E-state index is 12.8. The highest BCUT2D eigenvalue weighted by molar-refractivity contribution is 6.33. The number of benzene rings is 3. The molecule has 6 rings (SSSR count). The van der Waals surface area contributed by atoms with Crippen molar-refractivity contribution in [2.45, 2.75) is 0 Å². The lowest BCUT2D eigenvalue weighted by Gasteiger charge is -2.34. The number of fused-ring (bicyclic) bond motifs is 1. The molecule has 11 heteroatoms. The highest BCUT2D eigenvalue weighted by Gasteiger charge is 2.19. The molecule has 43 heavy (non-hydrogen) atoms. The van der Waals surface area contributed by atoms with Crippen LogP contribution in [0.3, 0.4) is 0 Å². The average molecular weight is 596 g/mol. The third kappa shape index (κ3) is 6.01. The van der Waals surface area contributed by atoms with Crippen molar-refractivity contribution in [2.75, 3.05) is 55.9 Å². The zero-order valence-corrected chi connectivity index (χ0v) is 24.5. The molecule has 1 aliphatic rings. The minimum Gasteiger partial charge on any atom is -0.412 e. The summed E-state index contributed by atoms with van der Waals surface area (Å²) in [5.41, 5.74) is 3.90. The van der Waals surface area contributed by atoms with Crippen LogP contribution in [-0.4, -0.2) is 65.8 Å². The Morgan fingerprint density at radius 1 is 0.884 bits per heavy atom. The van der Waals surface area contributed by atoms with Gasteiger partial charge >= 0.3 is 0 Å². The summed E-state index contributed by atoms with van der Waals surface area (Å²) in [7, 11) is 3.54. The van der Waals surface area contributed by atoms with Crippen LogP contribution in [-0.2, 0) is 0 Å². The number of carbonyl (C=O) groups excluding carboxylic acids is 1. The average Bonchev–Trinajstić information content (AvgIpc) is 3.03. The molecule has 0 unspecified atom stereocenters. The molecule has 1 amide bonds.